The lowest BCUT2D eigenvalue weighted by molar-refractivity contribution is 0.0948. The van der Waals surface area contributed by atoms with Crippen molar-refractivity contribution in [2.45, 2.75) is 18.2 Å². The number of thioether (sulfide) groups is 1. The number of aromatic nitrogens is 3. The summed E-state index contributed by atoms with van der Waals surface area (Å²) in [5, 5.41) is 12.4. The number of nitrogens with zero attached hydrogens (tertiary/aromatic N) is 3. The molecule has 1 aromatic heterocycles. The van der Waals surface area contributed by atoms with E-state index in [-0.39, 0.29) is 29.0 Å². The van der Waals surface area contributed by atoms with E-state index in [0.29, 0.717) is 39.4 Å². The minimum Gasteiger partial charge on any atom is -0.497 e. The van der Waals surface area contributed by atoms with Gasteiger partial charge in [0, 0.05) is 17.1 Å². The first-order valence-corrected chi connectivity index (χ1v) is 11.2. The molecule has 0 aliphatic carbocycles. The molecule has 0 saturated carbocycles. The molecule has 1 heterocycles. The van der Waals surface area contributed by atoms with Crippen LogP contribution in [0, 0.1) is 0 Å². The summed E-state index contributed by atoms with van der Waals surface area (Å²) < 4.78 is 6.91. The molecule has 0 atom stereocenters. The maximum Gasteiger partial charge on any atom is 0.253 e. The molecule has 0 aliphatic rings. The molecule has 3 rings (SSSR count). The first-order valence-electron chi connectivity index (χ1n) is 9.49. The molecular weight excluding hydrogens is 471 g/mol. The Hall–Kier alpha value is -2.81. The summed E-state index contributed by atoms with van der Waals surface area (Å²) in [6, 6.07) is 11.6. The van der Waals surface area contributed by atoms with E-state index in [1.54, 1.807) is 54.2 Å². The van der Waals surface area contributed by atoms with E-state index >= 15 is 0 Å². The molecule has 166 valence electrons. The molecule has 10 heteroatoms. The van der Waals surface area contributed by atoms with Gasteiger partial charge in [-0.25, -0.2) is 0 Å². The van der Waals surface area contributed by atoms with Crippen molar-refractivity contribution in [1.29, 1.82) is 0 Å². The minimum absolute atomic E-state index is 0.0435. The molecule has 0 spiro atoms. The SMILES string of the molecule is C=CCn1c(CNC(=O)c2ccc(Cl)cc2Cl)nnc1SCC(=O)c1ccc(OC)cc1. The van der Waals surface area contributed by atoms with Crippen LogP contribution in [0.5, 0.6) is 5.75 Å². The van der Waals surface area contributed by atoms with Gasteiger partial charge in [-0.3, -0.25) is 9.59 Å². The number of carbonyl (C=O) groups is 2. The van der Waals surface area contributed by atoms with E-state index in [4.69, 9.17) is 27.9 Å². The third-order valence-electron chi connectivity index (χ3n) is 4.43. The van der Waals surface area contributed by atoms with Crippen LogP contribution in [0.3, 0.4) is 0 Å². The molecular formula is C22H20Cl2N4O3S. The summed E-state index contributed by atoms with van der Waals surface area (Å²) in [5.41, 5.74) is 0.894. The molecule has 0 bridgehead atoms. The Bertz CT molecular complexity index is 1130. The van der Waals surface area contributed by atoms with Gasteiger partial charge in [-0.1, -0.05) is 41.0 Å². The van der Waals surface area contributed by atoms with Crippen molar-refractivity contribution in [3.05, 3.63) is 82.1 Å². The molecule has 2 aromatic carbocycles. The quantitative estimate of drug-likeness (QED) is 0.252. The maximum absolute atomic E-state index is 12.5. The number of amides is 1. The van der Waals surface area contributed by atoms with Crippen LogP contribution in [-0.2, 0) is 13.1 Å². The van der Waals surface area contributed by atoms with E-state index in [9.17, 15) is 9.59 Å². The third-order valence-corrected chi connectivity index (χ3v) is 5.95. The van der Waals surface area contributed by atoms with Crippen molar-refractivity contribution in [3.63, 3.8) is 0 Å². The second kappa shape index (κ2) is 11.2. The number of ketones is 1. The standard InChI is InChI=1S/C22H20Cl2N4O3S/c1-3-10-28-20(12-25-21(30)17-9-6-15(23)11-18(17)24)26-27-22(28)32-13-19(29)14-4-7-16(31-2)8-5-14/h3-9,11H,1,10,12-13H2,2H3,(H,25,30). The molecule has 3 aromatic rings. The van der Waals surface area contributed by atoms with Crippen molar-refractivity contribution >= 4 is 46.7 Å². The Morgan fingerprint density at radius 2 is 1.94 bits per heavy atom. The molecule has 1 amide bonds. The van der Waals surface area contributed by atoms with Crippen LogP contribution < -0.4 is 10.1 Å². The topological polar surface area (TPSA) is 86.1 Å². The summed E-state index contributed by atoms with van der Waals surface area (Å²) in [7, 11) is 1.57. The smallest absolute Gasteiger partial charge is 0.253 e. The highest BCUT2D eigenvalue weighted by Gasteiger charge is 2.16. The van der Waals surface area contributed by atoms with Gasteiger partial charge in [0.1, 0.15) is 5.75 Å². The fourth-order valence-electron chi connectivity index (χ4n) is 2.79. The van der Waals surface area contributed by atoms with E-state index in [1.165, 1.54) is 17.8 Å². The van der Waals surface area contributed by atoms with Crippen molar-refractivity contribution in [2.24, 2.45) is 0 Å². The average molecular weight is 491 g/mol. The highest BCUT2D eigenvalue weighted by molar-refractivity contribution is 7.99. The lowest BCUT2D eigenvalue weighted by Gasteiger charge is -2.09. The van der Waals surface area contributed by atoms with Gasteiger partial charge in [0.15, 0.2) is 16.8 Å². The van der Waals surface area contributed by atoms with E-state index in [2.05, 4.69) is 22.1 Å². The summed E-state index contributed by atoms with van der Waals surface area (Å²) in [6.07, 6.45) is 1.69. The number of nitrogens with one attached hydrogen (secondary N) is 1. The van der Waals surface area contributed by atoms with Crippen LogP contribution in [0.1, 0.15) is 26.5 Å². The number of hydrogen-bond donors (Lipinski definition) is 1. The zero-order valence-electron chi connectivity index (χ0n) is 17.2. The predicted octanol–water partition coefficient (Wildman–Crippen LogP) is 4.68. The molecule has 7 nitrogen and oxygen atoms in total. The number of halogens is 2. The largest absolute Gasteiger partial charge is 0.497 e. The number of allylic oxidation sites excluding steroid dienone is 1. The number of Topliss-reactive ketones (excluding diaryl/α,β-unsaturated/α-hetero) is 1. The van der Waals surface area contributed by atoms with Gasteiger partial charge in [-0.2, -0.15) is 0 Å². The van der Waals surface area contributed by atoms with Crippen LogP contribution in [0.25, 0.3) is 0 Å². The Labute approximate surface area is 199 Å². The number of ether oxygens (including phenoxy) is 1. The Morgan fingerprint density at radius 3 is 2.59 bits per heavy atom. The summed E-state index contributed by atoms with van der Waals surface area (Å²) in [6.45, 7) is 4.32. The zero-order valence-corrected chi connectivity index (χ0v) is 19.5. The molecule has 0 fully saturated rings. The van der Waals surface area contributed by atoms with Crippen molar-refractivity contribution in [3.8, 4) is 5.75 Å². The molecule has 0 aliphatic heterocycles. The Balaban J connectivity index is 1.65. The molecule has 32 heavy (non-hydrogen) atoms. The van der Waals surface area contributed by atoms with Gasteiger partial charge in [0.2, 0.25) is 0 Å². The van der Waals surface area contributed by atoms with E-state index in [1.807, 2.05) is 0 Å². The second-order valence-corrected chi connectivity index (χ2v) is 8.33. The lowest BCUT2D eigenvalue weighted by Crippen LogP contribution is -2.25. The summed E-state index contributed by atoms with van der Waals surface area (Å²) in [4.78, 5) is 25.0. The number of hydrogen-bond acceptors (Lipinski definition) is 6. The van der Waals surface area contributed by atoms with Gasteiger partial charge in [0.25, 0.3) is 5.91 Å². The third kappa shape index (κ3) is 5.91. The fourth-order valence-corrected chi connectivity index (χ4v) is 4.14. The fraction of sp³-hybridized carbons (Fsp3) is 0.182. The lowest BCUT2D eigenvalue weighted by atomic mass is 10.1. The number of carbonyl (C=O) groups excluding carboxylic acids is 2. The van der Waals surface area contributed by atoms with Crippen LogP contribution in [-0.4, -0.2) is 39.3 Å². The van der Waals surface area contributed by atoms with Gasteiger partial charge in [-0.05, 0) is 42.5 Å². The second-order valence-electron chi connectivity index (χ2n) is 6.55. The highest BCUT2D eigenvalue weighted by atomic mass is 35.5. The zero-order chi connectivity index (χ0) is 23.1. The minimum atomic E-state index is -0.358. The molecule has 1 N–H and O–H groups in total. The predicted molar refractivity (Wildman–Crippen MR) is 126 cm³/mol. The van der Waals surface area contributed by atoms with Gasteiger partial charge < -0.3 is 14.6 Å². The monoisotopic (exact) mass is 490 g/mol. The first-order chi connectivity index (χ1) is 15.4. The molecule has 0 saturated heterocycles. The van der Waals surface area contributed by atoms with Crippen LogP contribution in [0.15, 0.2) is 60.3 Å². The Kier molecular flexibility index (Phi) is 8.33. The van der Waals surface area contributed by atoms with Gasteiger partial charge >= 0.3 is 0 Å². The molecule has 0 unspecified atom stereocenters. The first kappa shape index (κ1) is 23.8. The number of rotatable bonds is 10. The molecule has 0 radical (unpaired) electrons. The van der Waals surface area contributed by atoms with Gasteiger partial charge in [0.05, 0.1) is 30.0 Å². The van der Waals surface area contributed by atoms with E-state index in [0.717, 1.165) is 0 Å². The highest BCUT2D eigenvalue weighted by Crippen LogP contribution is 2.22. The van der Waals surface area contributed by atoms with Crippen molar-refractivity contribution in [1.82, 2.24) is 20.1 Å². The van der Waals surface area contributed by atoms with Crippen molar-refractivity contribution < 1.29 is 14.3 Å². The van der Waals surface area contributed by atoms with Crippen LogP contribution in [0.4, 0.5) is 0 Å². The van der Waals surface area contributed by atoms with E-state index < -0.39 is 0 Å². The van der Waals surface area contributed by atoms with Crippen LogP contribution in [0.2, 0.25) is 10.0 Å². The van der Waals surface area contributed by atoms with Crippen LogP contribution >= 0.6 is 35.0 Å². The van der Waals surface area contributed by atoms with Crippen molar-refractivity contribution in [2.75, 3.05) is 12.9 Å². The normalized spacial score (nSPS) is 10.6. The summed E-state index contributed by atoms with van der Waals surface area (Å²) >= 11 is 13.2. The number of benzene rings is 2. The Morgan fingerprint density at radius 1 is 1.19 bits per heavy atom. The maximum atomic E-state index is 12.5. The number of methoxy groups -OCH3 is 1. The average Bonchev–Trinajstić information content (AvgIpc) is 3.17. The van der Waals surface area contributed by atoms with Gasteiger partial charge in [-0.15, -0.1) is 16.8 Å². The summed E-state index contributed by atoms with van der Waals surface area (Å²) in [5.74, 6) is 1.00.